The molecule has 0 saturated carbocycles. The second-order valence-corrected chi connectivity index (χ2v) is 6.58. The van der Waals surface area contributed by atoms with Crippen LogP contribution in [0.15, 0.2) is 53.9 Å². The highest BCUT2D eigenvalue weighted by Gasteiger charge is 2.11. The van der Waals surface area contributed by atoms with Gasteiger partial charge < -0.3 is 4.90 Å². The zero-order valence-electron chi connectivity index (χ0n) is 14.7. The summed E-state index contributed by atoms with van der Waals surface area (Å²) < 4.78 is 13.0. The van der Waals surface area contributed by atoms with E-state index in [-0.39, 0.29) is 11.7 Å². The maximum absolute atomic E-state index is 13.0. The van der Waals surface area contributed by atoms with E-state index in [1.807, 2.05) is 29.6 Å². The summed E-state index contributed by atoms with van der Waals surface area (Å²) in [4.78, 5) is 19.0. The van der Waals surface area contributed by atoms with Gasteiger partial charge in [-0.15, -0.1) is 11.3 Å². The van der Waals surface area contributed by atoms with Gasteiger partial charge in [0.15, 0.2) is 5.13 Å². The van der Waals surface area contributed by atoms with Crippen molar-refractivity contribution in [2.75, 3.05) is 23.3 Å². The number of anilines is 2. The number of nitrogens with zero attached hydrogens (tertiary/aromatic N) is 2. The second-order valence-electron chi connectivity index (χ2n) is 5.72. The molecule has 1 N–H and O–H groups in total. The Bertz CT molecular complexity index is 871. The van der Waals surface area contributed by atoms with Gasteiger partial charge in [0.05, 0.1) is 5.69 Å². The molecule has 0 aliphatic carbocycles. The number of rotatable bonds is 6. The van der Waals surface area contributed by atoms with Crippen LogP contribution in [0, 0.1) is 5.82 Å². The minimum Gasteiger partial charge on any atom is -0.372 e. The number of carbonyl (C=O) groups excluding carboxylic acids is 1. The highest BCUT2D eigenvalue weighted by molar-refractivity contribution is 7.14. The van der Waals surface area contributed by atoms with Crippen LogP contribution in [0.5, 0.6) is 0 Å². The first-order chi connectivity index (χ1) is 12.6. The van der Waals surface area contributed by atoms with Gasteiger partial charge in [-0.1, -0.05) is 0 Å². The van der Waals surface area contributed by atoms with E-state index in [4.69, 9.17) is 0 Å². The molecular weight excluding hydrogens is 349 g/mol. The Morgan fingerprint density at radius 1 is 1.08 bits per heavy atom. The van der Waals surface area contributed by atoms with Crippen LogP contribution in [0.2, 0.25) is 0 Å². The predicted molar refractivity (Wildman–Crippen MR) is 105 cm³/mol. The standard InChI is InChI=1S/C20H20FN3OS/c1-3-24(4-2)17-11-7-15(8-12-17)19(25)23-20-22-18(13-26-20)14-5-9-16(21)10-6-14/h5-13H,3-4H2,1-2H3,(H,22,23,25). The van der Waals surface area contributed by atoms with Gasteiger partial charge in [0.1, 0.15) is 5.82 Å². The van der Waals surface area contributed by atoms with Crippen LogP contribution in [0.1, 0.15) is 24.2 Å². The lowest BCUT2D eigenvalue weighted by Crippen LogP contribution is -2.21. The van der Waals surface area contributed by atoms with Crippen LogP contribution < -0.4 is 10.2 Å². The fraction of sp³-hybridized carbons (Fsp3) is 0.200. The zero-order valence-corrected chi connectivity index (χ0v) is 15.5. The van der Waals surface area contributed by atoms with Crippen molar-refractivity contribution in [2.45, 2.75) is 13.8 Å². The zero-order chi connectivity index (χ0) is 18.5. The van der Waals surface area contributed by atoms with Crippen molar-refractivity contribution in [3.8, 4) is 11.3 Å². The molecule has 0 unspecified atom stereocenters. The molecule has 26 heavy (non-hydrogen) atoms. The molecule has 1 amide bonds. The van der Waals surface area contributed by atoms with E-state index in [1.54, 1.807) is 12.1 Å². The maximum atomic E-state index is 13.0. The average Bonchev–Trinajstić information content (AvgIpc) is 3.12. The summed E-state index contributed by atoms with van der Waals surface area (Å²) in [7, 11) is 0. The summed E-state index contributed by atoms with van der Waals surface area (Å²) in [6.07, 6.45) is 0. The molecule has 4 nitrogen and oxygen atoms in total. The fourth-order valence-electron chi connectivity index (χ4n) is 2.67. The van der Waals surface area contributed by atoms with E-state index < -0.39 is 0 Å². The van der Waals surface area contributed by atoms with Gasteiger partial charge in [-0.2, -0.15) is 0 Å². The van der Waals surface area contributed by atoms with Crippen molar-refractivity contribution in [2.24, 2.45) is 0 Å². The average molecular weight is 369 g/mol. The van der Waals surface area contributed by atoms with Gasteiger partial charge in [0.2, 0.25) is 0 Å². The number of hydrogen-bond donors (Lipinski definition) is 1. The molecule has 6 heteroatoms. The number of aromatic nitrogens is 1. The molecule has 0 aliphatic rings. The Morgan fingerprint density at radius 2 is 1.73 bits per heavy atom. The Balaban J connectivity index is 1.69. The first-order valence-electron chi connectivity index (χ1n) is 8.48. The lowest BCUT2D eigenvalue weighted by Gasteiger charge is -2.20. The van der Waals surface area contributed by atoms with E-state index in [0.717, 1.165) is 24.3 Å². The van der Waals surface area contributed by atoms with Crippen molar-refractivity contribution in [3.05, 3.63) is 65.3 Å². The number of carbonyl (C=O) groups is 1. The normalized spacial score (nSPS) is 10.6. The van der Waals surface area contributed by atoms with Crippen LogP contribution in [-0.4, -0.2) is 24.0 Å². The molecule has 0 radical (unpaired) electrons. The van der Waals surface area contributed by atoms with E-state index in [2.05, 4.69) is 29.0 Å². The number of hydrogen-bond acceptors (Lipinski definition) is 4. The Hall–Kier alpha value is -2.73. The van der Waals surface area contributed by atoms with E-state index in [1.165, 1.54) is 23.5 Å². The molecule has 0 aliphatic heterocycles. The molecule has 3 rings (SSSR count). The largest absolute Gasteiger partial charge is 0.372 e. The molecule has 1 aromatic heterocycles. The number of halogens is 1. The van der Waals surface area contributed by atoms with Crippen molar-refractivity contribution >= 4 is 28.1 Å². The van der Waals surface area contributed by atoms with Crippen molar-refractivity contribution in [3.63, 3.8) is 0 Å². The predicted octanol–water partition coefficient (Wildman–Crippen LogP) is 5.05. The lowest BCUT2D eigenvalue weighted by molar-refractivity contribution is 0.102. The number of benzene rings is 2. The SMILES string of the molecule is CCN(CC)c1ccc(C(=O)Nc2nc(-c3ccc(F)cc3)cs2)cc1. The van der Waals surface area contributed by atoms with Gasteiger partial charge in [-0.25, -0.2) is 9.37 Å². The highest BCUT2D eigenvalue weighted by Crippen LogP contribution is 2.25. The molecule has 0 atom stereocenters. The van der Waals surface area contributed by atoms with Crippen LogP contribution in [0.25, 0.3) is 11.3 Å². The maximum Gasteiger partial charge on any atom is 0.257 e. The van der Waals surface area contributed by atoms with Gasteiger partial charge in [-0.3, -0.25) is 10.1 Å². The first-order valence-corrected chi connectivity index (χ1v) is 9.36. The smallest absolute Gasteiger partial charge is 0.257 e. The first kappa shape index (κ1) is 18.1. The number of thiazole rings is 1. The highest BCUT2D eigenvalue weighted by atomic mass is 32.1. The van der Waals surface area contributed by atoms with Gasteiger partial charge >= 0.3 is 0 Å². The topological polar surface area (TPSA) is 45.2 Å². The Labute approximate surface area is 156 Å². The molecule has 0 saturated heterocycles. The molecule has 2 aromatic carbocycles. The number of nitrogens with one attached hydrogen (secondary N) is 1. The van der Waals surface area contributed by atoms with Crippen molar-refractivity contribution in [1.29, 1.82) is 0 Å². The fourth-order valence-corrected chi connectivity index (χ4v) is 3.38. The number of amides is 1. The molecule has 134 valence electrons. The Morgan fingerprint density at radius 3 is 2.35 bits per heavy atom. The summed E-state index contributed by atoms with van der Waals surface area (Å²) in [5, 5.41) is 5.17. The molecule has 1 heterocycles. The quantitative estimate of drug-likeness (QED) is 0.661. The van der Waals surface area contributed by atoms with Gasteiger partial charge in [0.25, 0.3) is 5.91 Å². The van der Waals surface area contributed by atoms with Crippen LogP contribution in [0.4, 0.5) is 15.2 Å². The summed E-state index contributed by atoms with van der Waals surface area (Å²) in [6, 6.07) is 13.7. The van der Waals surface area contributed by atoms with Crippen molar-refractivity contribution in [1.82, 2.24) is 4.98 Å². The van der Waals surface area contributed by atoms with Crippen LogP contribution in [0.3, 0.4) is 0 Å². The summed E-state index contributed by atoms with van der Waals surface area (Å²) in [6.45, 7) is 6.05. The van der Waals surface area contributed by atoms with Gasteiger partial charge in [0, 0.05) is 35.3 Å². The summed E-state index contributed by atoms with van der Waals surface area (Å²) in [5.74, 6) is -0.484. The third kappa shape index (κ3) is 4.08. The molecule has 3 aromatic rings. The monoisotopic (exact) mass is 369 g/mol. The molecular formula is C20H20FN3OS. The third-order valence-electron chi connectivity index (χ3n) is 4.12. The van der Waals surface area contributed by atoms with Crippen LogP contribution >= 0.6 is 11.3 Å². The minimum atomic E-state index is -0.286. The second kappa shape index (κ2) is 8.10. The molecule has 0 fully saturated rings. The molecule has 0 spiro atoms. The van der Waals surface area contributed by atoms with Crippen LogP contribution in [-0.2, 0) is 0 Å². The lowest BCUT2D eigenvalue weighted by atomic mass is 10.2. The summed E-state index contributed by atoms with van der Waals surface area (Å²) in [5.41, 5.74) is 3.20. The molecule has 0 bridgehead atoms. The van der Waals surface area contributed by atoms with Gasteiger partial charge in [-0.05, 0) is 62.4 Å². The van der Waals surface area contributed by atoms with E-state index in [0.29, 0.717) is 16.4 Å². The minimum absolute atomic E-state index is 0.198. The third-order valence-corrected chi connectivity index (χ3v) is 4.88. The van der Waals surface area contributed by atoms with E-state index in [9.17, 15) is 9.18 Å². The van der Waals surface area contributed by atoms with Crippen molar-refractivity contribution < 1.29 is 9.18 Å². The summed E-state index contributed by atoms with van der Waals surface area (Å²) >= 11 is 1.34. The Kier molecular flexibility index (Phi) is 5.63. The van der Waals surface area contributed by atoms with E-state index >= 15 is 0 Å².